The number of para-hydroxylation sites is 1. The lowest BCUT2D eigenvalue weighted by Crippen LogP contribution is -2.49. The Balaban J connectivity index is 1.83. The molecule has 0 unspecified atom stereocenters. The number of amides is 3. The van der Waals surface area contributed by atoms with E-state index in [9.17, 15) is 14.4 Å². The number of carbonyl (C=O) groups excluding carboxylic acids is 3. The number of hydrogen-bond acceptors (Lipinski definition) is 9. The molecule has 248 valence electrons. The number of anilines is 1. The fourth-order valence-corrected chi connectivity index (χ4v) is 5.55. The first kappa shape index (κ1) is 35.7. The monoisotopic (exact) mass is 643 g/mol. The molecule has 12 nitrogen and oxygen atoms in total. The number of alkyl carbamates (subject to hydrolysis) is 1. The van der Waals surface area contributed by atoms with Gasteiger partial charge in [-0.1, -0.05) is 25.1 Å². The molecule has 4 N–H and O–H groups in total. The smallest absolute Gasteiger partial charge is 0.410 e. The quantitative estimate of drug-likeness (QED) is 0.206. The molecule has 2 heterocycles. The Bertz CT molecular complexity index is 1480. The van der Waals surface area contributed by atoms with Crippen LogP contribution in [0.15, 0.2) is 24.3 Å². The largest absolute Gasteiger partial charge is 0.444 e. The van der Waals surface area contributed by atoms with Crippen LogP contribution in [0, 0.1) is 0 Å². The molecule has 0 saturated heterocycles. The maximum Gasteiger partial charge on any atom is 0.410 e. The van der Waals surface area contributed by atoms with Crippen LogP contribution in [0.4, 0.5) is 15.4 Å². The van der Waals surface area contributed by atoms with Gasteiger partial charge in [-0.3, -0.25) is 4.79 Å². The third-order valence-corrected chi connectivity index (χ3v) is 7.82. The minimum absolute atomic E-state index is 0.205. The fraction of sp³-hybridized carbons (Fsp3) is 0.594. The molecule has 45 heavy (non-hydrogen) atoms. The minimum Gasteiger partial charge on any atom is -0.444 e. The highest BCUT2D eigenvalue weighted by Gasteiger charge is 2.26. The maximum atomic E-state index is 13.2. The van der Waals surface area contributed by atoms with E-state index in [-0.39, 0.29) is 12.5 Å². The van der Waals surface area contributed by atoms with Gasteiger partial charge in [0.1, 0.15) is 28.6 Å². The number of carbonyl (C=O) groups is 3. The number of aryl methyl sites for hydroxylation is 1. The Morgan fingerprint density at radius 3 is 2.38 bits per heavy atom. The third kappa shape index (κ3) is 10.4. The lowest BCUT2D eigenvalue weighted by molar-refractivity contribution is -0.122. The average molecular weight is 644 g/mol. The van der Waals surface area contributed by atoms with E-state index in [1.807, 2.05) is 56.5 Å². The molecular formula is C32H49N7O5S. The lowest BCUT2D eigenvalue weighted by atomic mass is 10.2. The highest BCUT2D eigenvalue weighted by atomic mass is 32.2. The molecule has 0 aliphatic carbocycles. The predicted octanol–water partition coefficient (Wildman–Crippen LogP) is 5.47. The number of hydrogen-bond donors (Lipinski definition) is 3. The van der Waals surface area contributed by atoms with E-state index < -0.39 is 29.4 Å². The molecule has 0 fully saturated rings. The van der Waals surface area contributed by atoms with Crippen molar-refractivity contribution in [3.63, 3.8) is 0 Å². The Hall–Kier alpha value is -3.74. The number of benzene rings is 1. The second kappa shape index (κ2) is 15.5. The minimum atomic E-state index is -0.734. The molecule has 0 saturated carbocycles. The summed E-state index contributed by atoms with van der Waals surface area (Å²) in [7, 11) is 0. The number of nitrogens with one attached hydrogen (secondary N) is 2. The number of nitrogens with two attached hydrogens (primary N) is 1. The Kier molecular flexibility index (Phi) is 12.3. The van der Waals surface area contributed by atoms with Gasteiger partial charge in [0.25, 0.3) is 0 Å². The van der Waals surface area contributed by atoms with Gasteiger partial charge in [-0.15, -0.1) is 0 Å². The van der Waals surface area contributed by atoms with Crippen LogP contribution in [0.3, 0.4) is 0 Å². The van der Waals surface area contributed by atoms with E-state index in [0.29, 0.717) is 49.0 Å². The molecule has 3 amide bonds. The molecule has 0 aliphatic rings. The molecule has 3 rings (SSSR count). The van der Waals surface area contributed by atoms with Gasteiger partial charge in [-0.25, -0.2) is 19.6 Å². The van der Waals surface area contributed by atoms with Crippen LogP contribution in [0.2, 0.25) is 0 Å². The third-order valence-electron chi connectivity index (χ3n) is 6.55. The molecule has 2 aromatic heterocycles. The molecule has 13 heteroatoms. The van der Waals surface area contributed by atoms with E-state index in [1.54, 1.807) is 37.4 Å². The van der Waals surface area contributed by atoms with Gasteiger partial charge in [0.15, 0.2) is 5.82 Å². The maximum absolute atomic E-state index is 13.2. The first-order chi connectivity index (χ1) is 21.1. The summed E-state index contributed by atoms with van der Waals surface area (Å²) in [6.45, 7) is 16.2. The summed E-state index contributed by atoms with van der Waals surface area (Å²) in [4.78, 5) is 49.6. The molecule has 0 aliphatic heterocycles. The number of nitrogen functional groups attached to an aromatic ring is 1. The van der Waals surface area contributed by atoms with Gasteiger partial charge < -0.3 is 35.3 Å². The van der Waals surface area contributed by atoms with Crippen molar-refractivity contribution in [2.45, 2.75) is 98.6 Å². The standard InChI is InChI=1S/C32H49N7O5S/c1-9-18-45-20-23(36-29(41)43-31(3,4)5)28(40)34-16-13-17-39-24(19-38(10-2)30(42)44-32(6,7)8)37-25-26(39)21-14-11-12-15-22(21)35-27(25)33/h11-12,14-15,23H,9-10,13,16-20H2,1-8H3,(H2,33,35)(H,34,40)(H,36,41)/t23-/m0/s1. The summed E-state index contributed by atoms with van der Waals surface area (Å²) in [5, 5.41) is 6.58. The number of pyridine rings is 1. The zero-order valence-electron chi connectivity index (χ0n) is 27.9. The number of fused-ring (bicyclic) bond motifs is 3. The van der Waals surface area contributed by atoms with Crippen molar-refractivity contribution in [2.24, 2.45) is 0 Å². The van der Waals surface area contributed by atoms with Gasteiger partial charge in [-0.05, 0) is 73.1 Å². The van der Waals surface area contributed by atoms with Crippen molar-refractivity contribution < 1.29 is 23.9 Å². The van der Waals surface area contributed by atoms with Crippen LogP contribution in [0.25, 0.3) is 21.9 Å². The Labute approximate surface area is 270 Å². The second-order valence-electron chi connectivity index (χ2n) is 12.8. The fourth-order valence-electron chi connectivity index (χ4n) is 4.62. The van der Waals surface area contributed by atoms with E-state index in [2.05, 4.69) is 22.5 Å². The molecule has 3 aromatic rings. The second-order valence-corrected chi connectivity index (χ2v) is 14.0. The Morgan fingerprint density at radius 1 is 1.04 bits per heavy atom. The van der Waals surface area contributed by atoms with Crippen LogP contribution in [0.1, 0.15) is 74.1 Å². The van der Waals surface area contributed by atoms with Gasteiger partial charge >= 0.3 is 12.2 Å². The van der Waals surface area contributed by atoms with Crippen molar-refractivity contribution in [3.05, 3.63) is 30.1 Å². The summed E-state index contributed by atoms with van der Waals surface area (Å²) in [6, 6.07) is 6.97. The van der Waals surface area contributed by atoms with Crippen LogP contribution >= 0.6 is 11.8 Å². The van der Waals surface area contributed by atoms with Gasteiger partial charge in [-0.2, -0.15) is 11.8 Å². The summed E-state index contributed by atoms with van der Waals surface area (Å²) in [5.74, 6) is 1.97. The highest BCUT2D eigenvalue weighted by Crippen LogP contribution is 2.29. The molecule has 0 bridgehead atoms. The van der Waals surface area contributed by atoms with E-state index in [4.69, 9.17) is 20.2 Å². The van der Waals surface area contributed by atoms with E-state index in [1.165, 1.54) is 0 Å². The van der Waals surface area contributed by atoms with Gasteiger partial charge in [0.2, 0.25) is 5.91 Å². The first-order valence-corrected chi connectivity index (χ1v) is 16.6. The van der Waals surface area contributed by atoms with Gasteiger partial charge in [0.05, 0.1) is 17.6 Å². The topological polar surface area (TPSA) is 154 Å². The average Bonchev–Trinajstić information content (AvgIpc) is 3.30. The summed E-state index contributed by atoms with van der Waals surface area (Å²) < 4.78 is 13.1. The van der Waals surface area contributed by atoms with Crippen molar-refractivity contribution in [1.82, 2.24) is 30.1 Å². The van der Waals surface area contributed by atoms with Crippen molar-refractivity contribution >= 4 is 57.6 Å². The van der Waals surface area contributed by atoms with Crippen molar-refractivity contribution in [3.8, 4) is 0 Å². The first-order valence-electron chi connectivity index (χ1n) is 15.5. The van der Waals surface area contributed by atoms with E-state index in [0.717, 1.165) is 28.6 Å². The number of thioether (sulfide) groups is 1. The van der Waals surface area contributed by atoms with Crippen LogP contribution in [-0.4, -0.2) is 79.4 Å². The number of imidazole rings is 1. The molecule has 0 radical (unpaired) electrons. The normalized spacial score (nSPS) is 12.6. The highest BCUT2D eigenvalue weighted by molar-refractivity contribution is 7.99. The molecular weight excluding hydrogens is 594 g/mol. The number of nitrogens with zero attached hydrogens (tertiary/aromatic N) is 4. The summed E-state index contributed by atoms with van der Waals surface area (Å²) in [5.41, 5.74) is 7.17. The predicted molar refractivity (Wildman–Crippen MR) is 180 cm³/mol. The van der Waals surface area contributed by atoms with Crippen LogP contribution < -0.4 is 16.4 Å². The lowest BCUT2D eigenvalue weighted by Gasteiger charge is -2.26. The molecule has 1 atom stereocenters. The summed E-state index contributed by atoms with van der Waals surface area (Å²) >= 11 is 1.60. The van der Waals surface area contributed by atoms with E-state index >= 15 is 0 Å². The zero-order chi connectivity index (χ0) is 33.4. The number of aromatic nitrogens is 3. The van der Waals surface area contributed by atoms with Crippen LogP contribution in [0.5, 0.6) is 0 Å². The Morgan fingerprint density at radius 2 is 1.73 bits per heavy atom. The summed E-state index contributed by atoms with van der Waals surface area (Å²) in [6.07, 6.45) is 0.458. The van der Waals surface area contributed by atoms with Crippen molar-refractivity contribution in [1.29, 1.82) is 0 Å². The zero-order valence-corrected chi connectivity index (χ0v) is 28.7. The molecule has 0 spiro atoms. The molecule has 1 aromatic carbocycles. The van der Waals surface area contributed by atoms with Crippen molar-refractivity contribution in [2.75, 3.05) is 30.3 Å². The number of rotatable bonds is 13. The van der Waals surface area contributed by atoms with Crippen LogP contribution in [-0.2, 0) is 27.4 Å². The number of ether oxygens (including phenoxy) is 2. The SMILES string of the molecule is CCCSC[C@H](NC(=O)OC(C)(C)C)C(=O)NCCCn1c(CN(CC)C(=O)OC(C)(C)C)nc2c(N)nc3ccccc3c21. The van der Waals surface area contributed by atoms with Gasteiger partial charge in [0, 0.05) is 30.8 Å².